The van der Waals surface area contributed by atoms with Crippen molar-refractivity contribution in [3.63, 3.8) is 0 Å². The number of hydrogen-bond donors (Lipinski definition) is 0. The molecule has 7 heavy (non-hydrogen) atoms. The Balaban J connectivity index is 3.36. The van der Waals surface area contributed by atoms with Gasteiger partial charge in [-0.15, -0.1) is 23.5 Å². The van der Waals surface area contributed by atoms with Crippen LogP contribution in [0.3, 0.4) is 0 Å². The van der Waals surface area contributed by atoms with Crippen molar-refractivity contribution in [2.75, 3.05) is 12.5 Å². The zero-order chi connectivity index (χ0) is 5.91. The fraction of sp³-hybridized carbons (Fsp3) is 1.00. The molecule has 0 aliphatic rings. The van der Waals surface area contributed by atoms with Gasteiger partial charge in [0.2, 0.25) is 0 Å². The molecule has 0 aromatic carbocycles. The molecule has 44 valence electrons. The van der Waals surface area contributed by atoms with Gasteiger partial charge in [0, 0.05) is 0 Å². The Hall–Kier alpha value is 0.700. The quantitative estimate of drug-likeness (QED) is 0.535. The van der Waals surface area contributed by atoms with Crippen LogP contribution < -0.4 is 0 Å². The molecular formula is C5H12S2. The molecule has 0 nitrogen and oxygen atoms in total. The molecule has 0 rings (SSSR count). The fourth-order valence-corrected chi connectivity index (χ4v) is 0.750. The zero-order valence-electron chi connectivity index (χ0n) is 5.32. The van der Waals surface area contributed by atoms with Crippen LogP contribution >= 0.6 is 23.5 Å². The van der Waals surface area contributed by atoms with Crippen molar-refractivity contribution in [2.45, 2.75) is 17.9 Å². The Morgan fingerprint density at radius 3 is 1.29 bits per heavy atom. The van der Waals surface area contributed by atoms with Crippen LogP contribution in [0.1, 0.15) is 13.8 Å². The molecule has 0 unspecified atom stereocenters. The van der Waals surface area contributed by atoms with Crippen LogP contribution in [0.15, 0.2) is 0 Å². The number of rotatable bonds is 2. The topological polar surface area (TPSA) is 0 Å². The average Bonchev–Trinajstić information content (AvgIpc) is 1.68. The van der Waals surface area contributed by atoms with Crippen LogP contribution in [0.2, 0.25) is 0 Å². The second-order valence-corrected chi connectivity index (χ2v) is 4.92. The lowest BCUT2D eigenvalue weighted by molar-refractivity contribution is 1.04. The van der Waals surface area contributed by atoms with Gasteiger partial charge in [-0.25, -0.2) is 0 Å². The molecule has 0 amide bonds. The minimum Gasteiger partial charge on any atom is -0.148 e. The maximum atomic E-state index is 2.22. The zero-order valence-corrected chi connectivity index (χ0v) is 6.95. The highest BCUT2D eigenvalue weighted by Gasteiger charge is 2.11. The molecule has 0 N–H and O–H groups in total. The molecule has 0 spiro atoms. The van der Waals surface area contributed by atoms with Crippen molar-refractivity contribution in [1.82, 2.24) is 0 Å². The van der Waals surface area contributed by atoms with Gasteiger partial charge in [0.1, 0.15) is 0 Å². The van der Waals surface area contributed by atoms with Gasteiger partial charge in [-0.3, -0.25) is 0 Å². The van der Waals surface area contributed by atoms with Gasteiger partial charge in [0.05, 0.1) is 4.08 Å². The summed E-state index contributed by atoms with van der Waals surface area (Å²) in [5.41, 5.74) is 0. The van der Waals surface area contributed by atoms with E-state index in [1.807, 2.05) is 23.5 Å². The normalized spacial score (nSPS) is 12.0. The van der Waals surface area contributed by atoms with Gasteiger partial charge >= 0.3 is 0 Å². The minimum atomic E-state index is 0.417. The Bertz CT molecular complexity index is 44.0. The summed E-state index contributed by atoms with van der Waals surface area (Å²) in [6, 6.07) is 0. The summed E-state index contributed by atoms with van der Waals surface area (Å²) in [6.07, 6.45) is 4.27. The first kappa shape index (κ1) is 7.70. The Kier molecular flexibility index (Phi) is 3.16. The monoisotopic (exact) mass is 136 g/mol. The Labute approximate surface area is 54.4 Å². The third kappa shape index (κ3) is 3.30. The lowest BCUT2D eigenvalue weighted by Crippen LogP contribution is -2.05. The first-order valence-electron chi connectivity index (χ1n) is 2.22. The average molecular weight is 136 g/mol. The van der Waals surface area contributed by atoms with Crippen LogP contribution in [-0.2, 0) is 0 Å². The van der Waals surface area contributed by atoms with E-state index in [0.29, 0.717) is 4.08 Å². The van der Waals surface area contributed by atoms with E-state index in [0.717, 1.165) is 0 Å². The van der Waals surface area contributed by atoms with E-state index in [1.54, 1.807) is 0 Å². The summed E-state index contributed by atoms with van der Waals surface area (Å²) in [5.74, 6) is 0. The van der Waals surface area contributed by atoms with Crippen molar-refractivity contribution >= 4 is 23.5 Å². The van der Waals surface area contributed by atoms with Gasteiger partial charge in [0.25, 0.3) is 0 Å². The summed E-state index contributed by atoms with van der Waals surface area (Å²) in [7, 11) is 0. The van der Waals surface area contributed by atoms with Gasteiger partial charge in [-0.1, -0.05) is 0 Å². The molecule has 0 atom stereocenters. The smallest absolute Gasteiger partial charge is 0.0549 e. The predicted octanol–water partition coefficient (Wildman–Crippen LogP) is 2.45. The van der Waals surface area contributed by atoms with Crippen LogP contribution in [0.5, 0.6) is 0 Å². The van der Waals surface area contributed by atoms with E-state index in [-0.39, 0.29) is 0 Å². The fourth-order valence-electron chi connectivity index (χ4n) is 0.0833. The van der Waals surface area contributed by atoms with Gasteiger partial charge < -0.3 is 0 Å². The van der Waals surface area contributed by atoms with E-state index in [1.165, 1.54) is 0 Å². The minimum absolute atomic E-state index is 0.417. The maximum Gasteiger partial charge on any atom is 0.0549 e. The molecule has 0 radical (unpaired) electrons. The van der Waals surface area contributed by atoms with Crippen LogP contribution in [-0.4, -0.2) is 16.6 Å². The van der Waals surface area contributed by atoms with Gasteiger partial charge in [0.15, 0.2) is 0 Å². The SMILES string of the molecule is CSC(C)(C)SC. The van der Waals surface area contributed by atoms with Crippen LogP contribution in [0.4, 0.5) is 0 Å². The molecule has 0 aliphatic heterocycles. The molecule has 2 heteroatoms. The van der Waals surface area contributed by atoms with E-state index < -0.39 is 0 Å². The van der Waals surface area contributed by atoms with Crippen molar-refractivity contribution in [3.05, 3.63) is 0 Å². The molecular weight excluding hydrogens is 124 g/mol. The van der Waals surface area contributed by atoms with Crippen molar-refractivity contribution in [3.8, 4) is 0 Å². The molecule has 0 heterocycles. The third-order valence-corrected chi connectivity index (χ3v) is 3.95. The van der Waals surface area contributed by atoms with Crippen molar-refractivity contribution < 1.29 is 0 Å². The second kappa shape index (κ2) is 2.88. The highest BCUT2D eigenvalue weighted by Crippen LogP contribution is 2.31. The van der Waals surface area contributed by atoms with Crippen molar-refractivity contribution in [1.29, 1.82) is 0 Å². The number of hydrogen-bond acceptors (Lipinski definition) is 2. The summed E-state index contributed by atoms with van der Waals surface area (Å²) in [5, 5.41) is 0. The Morgan fingerprint density at radius 2 is 1.29 bits per heavy atom. The summed E-state index contributed by atoms with van der Waals surface area (Å²) < 4.78 is 0.417. The lowest BCUT2D eigenvalue weighted by Gasteiger charge is -2.17. The predicted molar refractivity (Wildman–Crippen MR) is 41.1 cm³/mol. The van der Waals surface area contributed by atoms with Crippen molar-refractivity contribution in [2.24, 2.45) is 0 Å². The summed E-state index contributed by atoms with van der Waals surface area (Å²) in [6.45, 7) is 4.45. The van der Waals surface area contributed by atoms with E-state index in [2.05, 4.69) is 26.4 Å². The highest BCUT2D eigenvalue weighted by atomic mass is 32.2. The molecule has 0 aliphatic carbocycles. The van der Waals surface area contributed by atoms with E-state index in [4.69, 9.17) is 0 Å². The first-order valence-corrected chi connectivity index (χ1v) is 4.67. The third-order valence-electron chi connectivity index (χ3n) is 0.983. The van der Waals surface area contributed by atoms with E-state index >= 15 is 0 Å². The highest BCUT2D eigenvalue weighted by molar-refractivity contribution is 8.17. The second-order valence-electron chi connectivity index (χ2n) is 1.81. The van der Waals surface area contributed by atoms with Gasteiger partial charge in [-0.2, -0.15) is 0 Å². The first-order chi connectivity index (χ1) is 3.12. The summed E-state index contributed by atoms with van der Waals surface area (Å²) >= 11 is 3.78. The van der Waals surface area contributed by atoms with Crippen LogP contribution in [0, 0.1) is 0 Å². The van der Waals surface area contributed by atoms with Crippen LogP contribution in [0.25, 0.3) is 0 Å². The molecule has 0 aromatic rings. The molecule has 0 saturated carbocycles. The molecule has 0 bridgehead atoms. The number of thioether (sulfide) groups is 2. The Morgan fingerprint density at radius 1 is 1.00 bits per heavy atom. The standard InChI is InChI=1S/C5H12S2/c1-5(2,6-3)7-4/h1-4H3. The molecule has 0 fully saturated rings. The summed E-state index contributed by atoms with van der Waals surface area (Å²) in [4.78, 5) is 0. The molecule has 0 saturated heterocycles. The molecule has 0 aromatic heterocycles. The lowest BCUT2D eigenvalue weighted by atomic mass is 10.5. The largest absolute Gasteiger partial charge is 0.148 e. The van der Waals surface area contributed by atoms with E-state index in [9.17, 15) is 0 Å². The van der Waals surface area contributed by atoms with Gasteiger partial charge in [-0.05, 0) is 26.4 Å². The maximum absolute atomic E-state index is 2.22.